The Kier molecular flexibility index (Phi) is 17.0. The third kappa shape index (κ3) is 13.9. The maximum Gasteiger partial charge on any atom is 3.00 e. The van der Waals surface area contributed by atoms with Crippen LogP contribution in [0.2, 0.25) is 0 Å². The van der Waals surface area contributed by atoms with Crippen LogP contribution in [0, 0.1) is 16.0 Å². The van der Waals surface area contributed by atoms with Crippen LogP contribution >= 0.6 is 11.8 Å². The van der Waals surface area contributed by atoms with E-state index in [1.165, 1.54) is 0 Å². The molecule has 0 saturated heterocycles. The van der Waals surface area contributed by atoms with Crippen LogP contribution in [0.1, 0.15) is 18.4 Å². The summed E-state index contributed by atoms with van der Waals surface area (Å²) in [5.41, 5.74) is -3.06. The number of aliphatic hydroxyl groups is 1. The number of carbonyl (C=O) groups excluding carboxylic acids is 3. The van der Waals surface area contributed by atoms with E-state index in [0.717, 1.165) is 35.8 Å². The molecule has 0 fully saturated rings. The molecule has 1 rings (SSSR count). The van der Waals surface area contributed by atoms with Crippen molar-refractivity contribution in [2.45, 2.75) is 24.8 Å². The Morgan fingerprint density at radius 1 is 1.23 bits per heavy atom. The van der Waals surface area contributed by atoms with Gasteiger partial charge in [0.1, 0.15) is 17.1 Å². The van der Waals surface area contributed by atoms with Gasteiger partial charge in [-0.25, -0.2) is 0 Å². The van der Waals surface area contributed by atoms with Crippen molar-refractivity contribution in [3.63, 3.8) is 0 Å². The second-order valence-electron chi connectivity index (χ2n) is 7.17. The Labute approximate surface area is 225 Å². The zero-order chi connectivity index (χ0) is 26.5. The van der Waals surface area contributed by atoms with Gasteiger partial charge in [-0.05, 0) is 33.2 Å². The molecule has 0 aliphatic rings. The van der Waals surface area contributed by atoms with Crippen molar-refractivity contribution in [1.82, 2.24) is 15.5 Å². The molecule has 0 aromatic carbocycles. The van der Waals surface area contributed by atoms with Crippen molar-refractivity contribution < 1.29 is 44.2 Å². The Morgan fingerprint density at radius 2 is 1.77 bits per heavy atom. The normalized spacial score (nSPS) is 12.6. The fraction of sp³-hybridized carbons (Fsp3) is 0.526. The van der Waals surface area contributed by atoms with Crippen molar-refractivity contribution in [2.24, 2.45) is 5.92 Å². The summed E-state index contributed by atoms with van der Waals surface area (Å²) < 4.78 is 5.70. The summed E-state index contributed by atoms with van der Waals surface area (Å²) in [6.45, 7) is 1.92. The van der Waals surface area contributed by atoms with E-state index in [0.29, 0.717) is 19.3 Å². The third-order valence-electron chi connectivity index (χ3n) is 3.95. The van der Waals surface area contributed by atoms with Gasteiger partial charge in [-0.2, -0.15) is 11.8 Å². The molecular formula is C19H27BiN4O10S. The first-order chi connectivity index (χ1) is 15.7. The molecule has 0 aliphatic carbocycles. The van der Waals surface area contributed by atoms with Crippen molar-refractivity contribution in [1.29, 1.82) is 0 Å². The molecule has 16 heteroatoms. The number of aliphatic carboxylic acids is 3. The first kappa shape index (κ1) is 34.7. The summed E-state index contributed by atoms with van der Waals surface area (Å²) in [5.74, 6) is -5.46. The predicted octanol–water partition coefficient (Wildman–Crippen LogP) is -4.32. The van der Waals surface area contributed by atoms with Crippen LogP contribution in [-0.4, -0.2) is 98.1 Å². The molecular weight excluding hydrogens is 685 g/mol. The molecule has 35 heavy (non-hydrogen) atoms. The molecule has 194 valence electrons. The van der Waals surface area contributed by atoms with Crippen LogP contribution in [0.5, 0.6) is 0 Å². The van der Waals surface area contributed by atoms with Gasteiger partial charge < -0.3 is 54.8 Å². The maximum atomic E-state index is 10.3. The number of rotatable bonds is 14. The number of hydrogen-bond acceptors (Lipinski definition) is 14. The van der Waals surface area contributed by atoms with Crippen molar-refractivity contribution in [3.8, 4) is 0 Å². The Hall–Kier alpha value is -2.42. The molecule has 0 bridgehead atoms. The van der Waals surface area contributed by atoms with E-state index < -0.39 is 34.4 Å². The molecule has 1 heterocycles. The van der Waals surface area contributed by atoms with E-state index in [4.69, 9.17) is 9.52 Å². The molecule has 0 aliphatic heterocycles. The maximum absolute atomic E-state index is 10.3. The van der Waals surface area contributed by atoms with Gasteiger partial charge in [0.2, 0.25) is 0 Å². The minimum atomic E-state index is -3.06. The van der Waals surface area contributed by atoms with Gasteiger partial charge >= 0.3 is 26.2 Å². The molecule has 0 spiro atoms. The Morgan fingerprint density at radius 3 is 2.17 bits per heavy atom. The third-order valence-corrected chi connectivity index (χ3v) is 4.93. The molecule has 1 unspecified atom stereocenters. The zero-order valence-electron chi connectivity index (χ0n) is 19.5. The quantitative estimate of drug-likeness (QED) is 0.0546. The smallest absolute Gasteiger partial charge is 0.549 e. The minimum absolute atomic E-state index is 0. The Bertz CT molecular complexity index is 862. The summed E-state index contributed by atoms with van der Waals surface area (Å²) in [7, 11) is 5.64. The van der Waals surface area contributed by atoms with E-state index in [1.54, 1.807) is 18.8 Å². The molecule has 2 radical (unpaired) electrons. The molecule has 3 N–H and O–H groups in total. The average Bonchev–Trinajstić information content (AvgIpc) is 3.12. The number of thioether (sulfide) groups is 1. The fourth-order valence-corrected chi connectivity index (χ4v) is 3.05. The summed E-state index contributed by atoms with van der Waals surface area (Å²) in [4.78, 5) is 42.3. The zero-order valence-corrected chi connectivity index (χ0v) is 23.8. The number of nitrogens with one attached hydrogen (secondary N) is 2. The van der Waals surface area contributed by atoms with Gasteiger partial charge in [-0.1, -0.05) is 0 Å². The number of nitro groups is 1. The van der Waals surface area contributed by atoms with E-state index in [1.807, 2.05) is 26.2 Å². The summed E-state index contributed by atoms with van der Waals surface area (Å²) in [6, 6.07) is 3.98. The van der Waals surface area contributed by atoms with E-state index >= 15 is 0 Å². The van der Waals surface area contributed by atoms with Gasteiger partial charge in [-0.15, -0.1) is 0 Å². The second-order valence-corrected chi connectivity index (χ2v) is 8.27. The summed E-state index contributed by atoms with van der Waals surface area (Å²) in [6.07, 6.45) is 0.921. The molecule has 0 amide bonds. The molecule has 1 aromatic heterocycles. The molecule has 14 nitrogen and oxygen atoms in total. The van der Waals surface area contributed by atoms with E-state index in [-0.39, 0.29) is 26.2 Å². The number of furan rings is 1. The minimum Gasteiger partial charge on any atom is -0.549 e. The van der Waals surface area contributed by atoms with Gasteiger partial charge in [0.05, 0.1) is 41.0 Å². The van der Waals surface area contributed by atoms with Crippen LogP contribution < -0.4 is 26.0 Å². The topological polar surface area (TPSA) is 224 Å². The van der Waals surface area contributed by atoms with Crippen LogP contribution in [0.4, 0.5) is 0 Å². The van der Waals surface area contributed by atoms with Gasteiger partial charge in [0, 0.05) is 19.3 Å². The number of carbonyl (C=O) groups is 3. The van der Waals surface area contributed by atoms with Gasteiger partial charge in [0.15, 0.2) is 5.82 Å². The van der Waals surface area contributed by atoms with Crippen LogP contribution in [0.3, 0.4) is 0 Å². The number of carboxylic acids is 3. The molecule has 1 atom stereocenters. The van der Waals surface area contributed by atoms with Crippen molar-refractivity contribution >= 4 is 55.9 Å². The van der Waals surface area contributed by atoms with Gasteiger partial charge in [-0.3, -0.25) is 10.1 Å². The predicted molar refractivity (Wildman–Crippen MR) is 119 cm³/mol. The largest absolute Gasteiger partial charge is 3.00 e. The monoisotopic (exact) mass is 712 g/mol. The van der Waals surface area contributed by atoms with E-state index in [2.05, 4.69) is 15.5 Å². The first-order valence-electron chi connectivity index (χ1n) is 9.64. The number of carboxylic acid groups (broad SMARTS) is 3. The molecule has 1 aromatic rings. The number of nitrogens with zero attached hydrogens (tertiary/aromatic N) is 2. The van der Waals surface area contributed by atoms with Crippen LogP contribution in [0.15, 0.2) is 28.6 Å². The van der Waals surface area contributed by atoms with Crippen molar-refractivity contribution in [2.75, 3.05) is 33.4 Å². The average molecular weight is 712 g/mol. The molecule has 0 saturated carbocycles. The van der Waals surface area contributed by atoms with Crippen molar-refractivity contribution in [3.05, 3.63) is 45.8 Å². The van der Waals surface area contributed by atoms with E-state index in [9.17, 15) is 39.8 Å². The fourth-order valence-electron chi connectivity index (χ4n) is 2.30. The first-order valence-corrected chi connectivity index (χ1v) is 10.8. The second kappa shape index (κ2) is 17.1. The summed E-state index contributed by atoms with van der Waals surface area (Å²) >= 11 is 1.72. The SMILES string of the molecule is CC(O)(C(=O)[O-])C(C(=O)[O-])C(=O)[O-].CNC(=C[N+](=O)[O-])NCCSCc1ccc(CN(C)C)o1.[Bi+3]. The van der Waals surface area contributed by atoms with Crippen LogP contribution in [-0.2, 0) is 26.7 Å². The standard InChI is InChI=1S/C13H22N4O3S.C6H8O7.Bi/c1-14-13(9-17(18)19)15-6-7-21-10-12-5-4-11(20-12)8-16(2)3;1-6(13,5(11)12)2(3(7)8)4(9)10;/h4-5,9,14-15H,6-8,10H2,1-3H3;2,13H,1H3,(H,7,8)(H,9,10)(H,11,12);/q;;+3/p-3. The van der Waals surface area contributed by atoms with Crippen LogP contribution in [0.25, 0.3) is 0 Å². The number of hydrogen-bond donors (Lipinski definition) is 3. The summed E-state index contributed by atoms with van der Waals surface area (Å²) in [5, 5.41) is 55.3. The Balaban J connectivity index is 0. The van der Waals surface area contributed by atoms with Gasteiger partial charge in [0.25, 0.3) is 6.20 Å².